The van der Waals surface area contributed by atoms with E-state index >= 15 is 0 Å². The summed E-state index contributed by atoms with van der Waals surface area (Å²) in [5.74, 6) is -0.787. The van der Waals surface area contributed by atoms with E-state index < -0.39 is 0 Å². The van der Waals surface area contributed by atoms with Crippen LogP contribution in [0.25, 0.3) is 0 Å². The first-order valence-corrected chi connectivity index (χ1v) is 7.48. The highest BCUT2D eigenvalue weighted by atomic mass is 35.5. The van der Waals surface area contributed by atoms with Crippen LogP contribution in [0, 0.1) is 0 Å². The molecule has 0 bridgehead atoms. The maximum atomic E-state index is 12.2. The highest BCUT2D eigenvalue weighted by Crippen LogP contribution is 2.32. The molecule has 0 radical (unpaired) electrons. The summed E-state index contributed by atoms with van der Waals surface area (Å²) in [7, 11) is 0. The fourth-order valence-electron chi connectivity index (χ4n) is 2.29. The third kappa shape index (κ3) is 2.95. The lowest BCUT2D eigenvalue weighted by Crippen LogP contribution is -2.28. The molecule has 0 saturated heterocycles. The standard InChI is InChI=1S/C15H11Cl2N3O3/c16-8-3-7(4-9(17)14(8)22)1-2-18-10-5-11(21)12-13(15(10)23)20-6-19-12/h3-6,18,22H,1-2H2,(H,19,20). The van der Waals surface area contributed by atoms with Gasteiger partial charge in [0, 0.05) is 12.6 Å². The second-order valence-electron chi connectivity index (χ2n) is 4.96. The third-order valence-corrected chi connectivity index (χ3v) is 4.00. The number of allylic oxidation sites excluding steroid dienone is 2. The molecule has 0 aliphatic heterocycles. The lowest BCUT2D eigenvalue weighted by molar-refractivity contribution is 0.0973. The maximum absolute atomic E-state index is 12.2. The van der Waals surface area contributed by atoms with Gasteiger partial charge in [-0.05, 0) is 24.1 Å². The van der Waals surface area contributed by atoms with E-state index in [9.17, 15) is 14.7 Å². The minimum atomic E-state index is -0.320. The Kier molecular flexibility index (Phi) is 4.11. The molecule has 0 atom stereocenters. The molecule has 118 valence electrons. The summed E-state index contributed by atoms with van der Waals surface area (Å²) in [6.07, 6.45) is 3.06. The number of phenolic OH excluding ortho intramolecular Hbond substituents is 1. The molecular weight excluding hydrogens is 341 g/mol. The first-order valence-electron chi connectivity index (χ1n) is 6.72. The largest absolute Gasteiger partial charge is 0.505 e. The summed E-state index contributed by atoms with van der Waals surface area (Å²) in [6, 6.07) is 3.19. The zero-order chi connectivity index (χ0) is 16.6. The number of halogens is 2. The van der Waals surface area contributed by atoms with E-state index in [0.29, 0.717) is 13.0 Å². The molecule has 1 aromatic carbocycles. The predicted molar refractivity (Wildman–Crippen MR) is 85.2 cm³/mol. The summed E-state index contributed by atoms with van der Waals surface area (Å²) in [6.45, 7) is 0.395. The van der Waals surface area contributed by atoms with Crippen LogP contribution in [0.5, 0.6) is 5.75 Å². The van der Waals surface area contributed by atoms with E-state index in [0.717, 1.165) is 5.56 Å². The second-order valence-corrected chi connectivity index (χ2v) is 5.78. The van der Waals surface area contributed by atoms with Crippen molar-refractivity contribution in [3.05, 3.63) is 57.2 Å². The van der Waals surface area contributed by atoms with Crippen LogP contribution in [-0.4, -0.2) is 33.2 Å². The SMILES string of the molecule is O=C1C=C(NCCc2cc(Cl)c(O)c(Cl)c2)C(=O)c2[nH]cnc21. The van der Waals surface area contributed by atoms with Crippen LogP contribution in [0.4, 0.5) is 0 Å². The molecule has 1 aromatic heterocycles. The molecule has 8 heteroatoms. The molecule has 23 heavy (non-hydrogen) atoms. The average molecular weight is 352 g/mol. The van der Waals surface area contributed by atoms with Gasteiger partial charge in [0.25, 0.3) is 0 Å². The van der Waals surface area contributed by atoms with Crippen molar-refractivity contribution in [3.63, 3.8) is 0 Å². The Balaban J connectivity index is 1.68. The van der Waals surface area contributed by atoms with Crippen LogP contribution >= 0.6 is 23.2 Å². The van der Waals surface area contributed by atoms with Crippen LogP contribution < -0.4 is 5.32 Å². The minimum absolute atomic E-state index is 0.137. The summed E-state index contributed by atoms with van der Waals surface area (Å²) in [4.78, 5) is 30.5. The number of hydrogen-bond acceptors (Lipinski definition) is 5. The Morgan fingerprint density at radius 2 is 1.91 bits per heavy atom. The van der Waals surface area contributed by atoms with E-state index in [2.05, 4.69) is 15.3 Å². The van der Waals surface area contributed by atoms with Gasteiger partial charge in [0.1, 0.15) is 11.4 Å². The van der Waals surface area contributed by atoms with E-state index in [1.54, 1.807) is 12.1 Å². The molecule has 2 aromatic rings. The van der Waals surface area contributed by atoms with Gasteiger partial charge >= 0.3 is 0 Å². The average Bonchev–Trinajstić information content (AvgIpc) is 3.00. The van der Waals surface area contributed by atoms with Crippen molar-refractivity contribution < 1.29 is 14.7 Å². The Morgan fingerprint density at radius 1 is 1.22 bits per heavy atom. The smallest absolute Gasteiger partial charge is 0.227 e. The molecular formula is C15H11Cl2N3O3. The normalized spacial score (nSPS) is 13.7. The topological polar surface area (TPSA) is 95.1 Å². The number of hydrogen-bond donors (Lipinski definition) is 3. The number of aromatic nitrogens is 2. The molecule has 6 nitrogen and oxygen atoms in total. The van der Waals surface area contributed by atoms with Crippen molar-refractivity contribution in [1.82, 2.24) is 15.3 Å². The van der Waals surface area contributed by atoms with E-state index in [1.807, 2.05) is 0 Å². The molecule has 1 heterocycles. The lowest BCUT2D eigenvalue weighted by atomic mass is 10.0. The Hall–Kier alpha value is -2.31. The number of aromatic amines is 1. The molecule has 0 fully saturated rings. The molecule has 1 aliphatic rings. The molecule has 3 rings (SSSR count). The summed E-state index contributed by atoms with van der Waals surface area (Å²) < 4.78 is 0. The highest BCUT2D eigenvalue weighted by molar-refractivity contribution is 6.37. The molecule has 3 N–H and O–H groups in total. The fourth-order valence-corrected chi connectivity index (χ4v) is 2.82. The van der Waals surface area contributed by atoms with E-state index in [-0.39, 0.29) is 44.4 Å². The van der Waals surface area contributed by atoms with Gasteiger partial charge in [-0.25, -0.2) is 4.98 Å². The number of rotatable bonds is 4. The van der Waals surface area contributed by atoms with Gasteiger partial charge < -0.3 is 15.4 Å². The second kappa shape index (κ2) is 6.06. The van der Waals surface area contributed by atoms with Gasteiger partial charge in [0.05, 0.1) is 22.1 Å². The molecule has 0 saturated carbocycles. The minimum Gasteiger partial charge on any atom is -0.505 e. The number of benzene rings is 1. The van der Waals surface area contributed by atoms with E-state index in [1.165, 1.54) is 12.4 Å². The number of ketones is 2. The van der Waals surface area contributed by atoms with Crippen molar-refractivity contribution >= 4 is 34.8 Å². The number of nitrogens with one attached hydrogen (secondary N) is 2. The van der Waals surface area contributed by atoms with Gasteiger partial charge in [-0.3, -0.25) is 9.59 Å². The van der Waals surface area contributed by atoms with Crippen molar-refractivity contribution in [1.29, 1.82) is 0 Å². The number of phenols is 1. The van der Waals surface area contributed by atoms with Gasteiger partial charge in [0.2, 0.25) is 11.6 Å². The van der Waals surface area contributed by atoms with Gasteiger partial charge in [0.15, 0.2) is 5.75 Å². The summed E-state index contributed by atoms with van der Waals surface area (Å²) in [5, 5.41) is 12.8. The Bertz CT molecular complexity index is 819. The molecule has 0 amide bonds. The molecule has 0 spiro atoms. The predicted octanol–water partition coefficient (Wildman–Crippen LogP) is 2.52. The number of Topliss-reactive ketones (excluding diaryl/α,β-unsaturated/α-hetero) is 1. The van der Waals surface area contributed by atoms with Crippen LogP contribution in [0.2, 0.25) is 10.0 Å². The van der Waals surface area contributed by atoms with E-state index in [4.69, 9.17) is 23.2 Å². The van der Waals surface area contributed by atoms with Gasteiger partial charge in [-0.15, -0.1) is 0 Å². The van der Waals surface area contributed by atoms with Crippen molar-refractivity contribution in [2.24, 2.45) is 0 Å². The van der Waals surface area contributed by atoms with Gasteiger partial charge in [-0.2, -0.15) is 0 Å². The van der Waals surface area contributed by atoms with Crippen LogP contribution in [0.3, 0.4) is 0 Å². The fraction of sp³-hybridized carbons (Fsp3) is 0.133. The number of fused-ring (bicyclic) bond motifs is 1. The zero-order valence-corrected chi connectivity index (χ0v) is 13.2. The third-order valence-electron chi connectivity index (χ3n) is 3.43. The number of imidazole rings is 1. The first kappa shape index (κ1) is 15.6. The number of carbonyl (C=O) groups excluding carboxylic acids is 2. The quantitative estimate of drug-likeness (QED) is 0.786. The summed E-state index contributed by atoms with van der Waals surface area (Å²) >= 11 is 11.7. The van der Waals surface area contributed by atoms with Crippen LogP contribution in [0.15, 0.2) is 30.2 Å². The van der Waals surface area contributed by atoms with Gasteiger partial charge in [-0.1, -0.05) is 23.2 Å². The van der Waals surface area contributed by atoms with Crippen molar-refractivity contribution in [3.8, 4) is 5.75 Å². The number of nitrogens with zero attached hydrogens (tertiary/aromatic N) is 1. The van der Waals surface area contributed by atoms with Crippen LogP contribution in [0.1, 0.15) is 26.5 Å². The summed E-state index contributed by atoms with van der Waals surface area (Å²) in [5.41, 5.74) is 1.33. The molecule has 0 unspecified atom stereocenters. The molecule has 1 aliphatic carbocycles. The lowest BCUT2D eigenvalue weighted by Gasteiger charge is -2.13. The monoisotopic (exact) mass is 351 g/mol. The Labute approximate surface area is 141 Å². The highest BCUT2D eigenvalue weighted by Gasteiger charge is 2.27. The van der Waals surface area contributed by atoms with Crippen LogP contribution in [-0.2, 0) is 6.42 Å². The Morgan fingerprint density at radius 3 is 2.61 bits per heavy atom. The first-order chi connectivity index (χ1) is 11.0. The maximum Gasteiger partial charge on any atom is 0.227 e. The van der Waals surface area contributed by atoms with Crippen molar-refractivity contribution in [2.45, 2.75) is 6.42 Å². The number of H-pyrrole nitrogens is 1. The number of carbonyl (C=O) groups is 2. The van der Waals surface area contributed by atoms with Crippen molar-refractivity contribution in [2.75, 3.05) is 6.54 Å². The number of aromatic hydroxyl groups is 1. The zero-order valence-electron chi connectivity index (χ0n) is 11.7.